The van der Waals surface area contributed by atoms with Crippen molar-refractivity contribution in [1.29, 1.82) is 0 Å². The second kappa shape index (κ2) is 8.50. The molecule has 6 nitrogen and oxygen atoms in total. The zero-order valence-electron chi connectivity index (χ0n) is 17.6. The van der Waals surface area contributed by atoms with Crippen LogP contribution in [-0.4, -0.2) is 22.1 Å². The maximum atomic E-state index is 11.0. The monoisotopic (exact) mass is 427 g/mol. The summed E-state index contributed by atoms with van der Waals surface area (Å²) in [6.07, 6.45) is 0.345. The van der Waals surface area contributed by atoms with E-state index in [9.17, 15) is 9.90 Å². The van der Waals surface area contributed by atoms with E-state index in [1.807, 2.05) is 49.4 Å². The van der Waals surface area contributed by atoms with Crippen LogP contribution < -0.4 is 15.2 Å². The summed E-state index contributed by atoms with van der Waals surface area (Å²) in [5.41, 5.74) is 2.50. The maximum Gasteiger partial charge on any atom is 0.193 e. The fourth-order valence-electron chi connectivity index (χ4n) is 3.63. The summed E-state index contributed by atoms with van der Waals surface area (Å²) in [7, 11) is 0. The highest BCUT2D eigenvalue weighted by atomic mass is 35.5. The zero-order valence-corrected chi connectivity index (χ0v) is 18.4. The number of rotatable bonds is 5. The summed E-state index contributed by atoms with van der Waals surface area (Å²) in [5.74, 6) is 0.977. The topological polar surface area (TPSA) is 73.8 Å². The van der Waals surface area contributed by atoms with Gasteiger partial charge in [0.05, 0.1) is 5.56 Å². The smallest absolute Gasteiger partial charge is 0.193 e. The molecule has 1 aliphatic heterocycles. The van der Waals surface area contributed by atoms with Crippen LogP contribution >= 0.6 is 11.6 Å². The summed E-state index contributed by atoms with van der Waals surface area (Å²) in [6, 6.07) is 15.5. The molecule has 2 aromatic rings. The fourth-order valence-corrected chi connectivity index (χ4v) is 3.83. The minimum absolute atomic E-state index is 0.185. The van der Waals surface area contributed by atoms with E-state index in [0.29, 0.717) is 23.9 Å². The highest BCUT2D eigenvalue weighted by Crippen LogP contribution is 2.40. The van der Waals surface area contributed by atoms with Crippen LogP contribution in [0.1, 0.15) is 38.8 Å². The molecule has 0 aromatic heterocycles. The van der Waals surface area contributed by atoms with Gasteiger partial charge in [0.15, 0.2) is 5.84 Å². The number of halogens is 1. The lowest BCUT2D eigenvalue weighted by Gasteiger charge is -2.41. The predicted octanol–water partition coefficient (Wildman–Crippen LogP) is 4.20. The average molecular weight is 428 g/mol. The Kier molecular flexibility index (Phi) is 6.19. The first kappa shape index (κ1) is 21.9. The van der Waals surface area contributed by atoms with Crippen molar-refractivity contribution in [2.75, 3.05) is 0 Å². The van der Waals surface area contributed by atoms with Crippen LogP contribution in [0.3, 0.4) is 0 Å². The Bertz CT molecular complexity index is 996. The molecule has 7 heteroatoms. The Morgan fingerprint density at radius 1 is 1.20 bits per heavy atom. The number of carbonyl (C=O) groups is 1. The fraction of sp³-hybridized carbons (Fsp3) is 0.304. The molecule has 0 saturated heterocycles. The van der Waals surface area contributed by atoms with Crippen LogP contribution in [0.2, 0.25) is 5.02 Å². The molecule has 158 valence electrons. The number of allylic oxidation sites excluding steroid dienone is 1. The van der Waals surface area contributed by atoms with Crippen LogP contribution in [0.25, 0.3) is 0 Å². The maximum absolute atomic E-state index is 11.0. The molecule has 0 aliphatic carbocycles. The molecule has 1 heterocycles. The van der Waals surface area contributed by atoms with Gasteiger partial charge >= 0.3 is 0 Å². The molecular formula is C23H26ClN3O3. The van der Waals surface area contributed by atoms with Crippen molar-refractivity contribution in [2.24, 2.45) is 5.10 Å². The number of benzene rings is 2. The number of nitrogens with zero attached hydrogens (tertiary/aromatic N) is 2. The van der Waals surface area contributed by atoms with Crippen LogP contribution in [0.4, 0.5) is 4.79 Å². The van der Waals surface area contributed by atoms with Crippen molar-refractivity contribution >= 4 is 23.5 Å². The van der Waals surface area contributed by atoms with Crippen molar-refractivity contribution in [3.05, 3.63) is 76.5 Å². The average Bonchev–Trinajstić information content (AvgIpc) is 2.97. The van der Waals surface area contributed by atoms with Gasteiger partial charge in [-0.2, -0.15) is 4.59 Å². The first-order valence-corrected chi connectivity index (χ1v) is 10.1. The molecule has 0 fully saturated rings. The van der Waals surface area contributed by atoms with Crippen molar-refractivity contribution in [3.8, 4) is 5.75 Å². The van der Waals surface area contributed by atoms with Crippen molar-refractivity contribution in [3.63, 3.8) is 0 Å². The van der Waals surface area contributed by atoms with E-state index in [2.05, 4.69) is 26.1 Å². The van der Waals surface area contributed by atoms with E-state index in [1.165, 1.54) is 0 Å². The highest BCUT2D eigenvalue weighted by molar-refractivity contribution is 6.30. The van der Waals surface area contributed by atoms with Crippen LogP contribution in [0, 0.1) is 0 Å². The van der Waals surface area contributed by atoms with Gasteiger partial charge in [0.2, 0.25) is 0 Å². The number of carbonyl (C=O) groups excluding carboxylic acids is 1. The molecule has 1 atom stereocenters. The predicted molar refractivity (Wildman–Crippen MR) is 116 cm³/mol. The van der Waals surface area contributed by atoms with Crippen molar-refractivity contribution in [1.82, 2.24) is 5.32 Å². The Balaban J connectivity index is 1.96. The molecule has 0 radical (unpaired) electrons. The van der Waals surface area contributed by atoms with Gasteiger partial charge in [-0.3, -0.25) is 0 Å². The Labute approximate surface area is 182 Å². The highest BCUT2D eigenvalue weighted by Gasteiger charge is 2.47. The number of nitrogens with one attached hydrogen (secondary N) is 1. The Hall–Kier alpha value is -2.83. The molecule has 1 unspecified atom stereocenters. The van der Waals surface area contributed by atoms with Crippen LogP contribution in [-0.2, 0) is 13.2 Å². The van der Waals surface area contributed by atoms with Gasteiger partial charge in [-0.1, -0.05) is 47.0 Å². The van der Waals surface area contributed by atoms with Gasteiger partial charge in [-0.25, -0.2) is 0 Å². The van der Waals surface area contributed by atoms with Gasteiger partial charge in [-0.15, -0.1) is 0 Å². The normalized spacial score (nSPS) is 18.6. The van der Waals surface area contributed by atoms with Gasteiger partial charge in [0.25, 0.3) is 0 Å². The van der Waals surface area contributed by atoms with E-state index < -0.39 is 6.09 Å². The quantitative estimate of drug-likeness (QED) is 0.727. The second-order valence-corrected chi connectivity index (χ2v) is 8.74. The molecule has 1 amide bonds. The lowest BCUT2D eigenvalue weighted by Crippen LogP contribution is -2.53. The molecule has 2 aromatic carbocycles. The van der Waals surface area contributed by atoms with E-state index >= 15 is 0 Å². The van der Waals surface area contributed by atoms with Gasteiger partial charge in [-0.05, 0) is 44.5 Å². The third-order valence-corrected chi connectivity index (χ3v) is 5.44. The van der Waals surface area contributed by atoms with Gasteiger partial charge in [0, 0.05) is 18.0 Å². The lowest BCUT2D eigenvalue weighted by molar-refractivity contribution is -0.953. The standard InChI is InChI=1S/C23H26ClN3O3/c1-16-12-21(25-22(28)29)26-27(16,23(2,3)4)14-18-13-19(24)10-11-20(18)30-15-17-8-6-5-7-9-17/h5-13H,14-15H2,1-4H3,(H-,25,26,28,29). The molecule has 0 bridgehead atoms. The molecule has 0 spiro atoms. The summed E-state index contributed by atoms with van der Waals surface area (Å²) < 4.78 is 6.30. The number of hydrogen-bond donors (Lipinski definition) is 1. The minimum Gasteiger partial charge on any atom is -0.530 e. The van der Waals surface area contributed by atoms with E-state index in [1.54, 1.807) is 12.1 Å². The van der Waals surface area contributed by atoms with Gasteiger partial charge in [0.1, 0.15) is 36.2 Å². The van der Waals surface area contributed by atoms with Crippen LogP contribution in [0.15, 0.2) is 65.4 Å². The summed E-state index contributed by atoms with van der Waals surface area (Å²) in [6.45, 7) is 9.00. The van der Waals surface area contributed by atoms with E-state index in [-0.39, 0.29) is 16.0 Å². The summed E-state index contributed by atoms with van der Waals surface area (Å²) in [5, 5.41) is 18.6. The molecule has 3 rings (SSSR count). The first-order chi connectivity index (χ1) is 14.1. The first-order valence-electron chi connectivity index (χ1n) is 9.71. The number of quaternary nitrogens is 1. The molecule has 1 aliphatic rings. The number of amidine groups is 1. The molecular weight excluding hydrogens is 402 g/mol. The SMILES string of the molecule is CC1=CC(NC(=O)[O-])=N[N+]1(Cc1cc(Cl)ccc1OCc1ccccc1)C(C)(C)C. The molecule has 0 saturated carbocycles. The lowest BCUT2D eigenvalue weighted by atomic mass is 10.0. The third kappa shape index (κ3) is 4.66. The minimum atomic E-state index is -1.39. The number of carboxylic acid groups (broad SMARTS) is 1. The largest absolute Gasteiger partial charge is 0.530 e. The number of hydrogen-bond acceptors (Lipinski definition) is 4. The number of amides is 1. The second-order valence-electron chi connectivity index (χ2n) is 8.31. The Morgan fingerprint density at radius 3 is 2.53 bits per heavy atom. The molecule has 1 N–H and O–H groups in total. The van der Waals surface area contributed by atoms with E-state index in [4.69, 9.17) is 21.4 Å². The summed E-state index contributed by atoms with van der Waals surface area (Å²) in [4.78, 5) is 11.0. The zero-order chi connectivity index (χ0) is 21.9. The van der Waals surface area contributed by atoms with Crippen LogP contribution in [0.5, 0.6) is 5.75 Å². The van der Waals surface area contributed by atoms with Gasteiger partial charge < -0.3 is 20.0 Å². The Morgan fingerprint density at radius 2 is 1.90 bits per heavy atom. The third-order valence-electron chi connectivity index (χ3n) is 5.21. The number of ether oxygens (including phenoxy) is 1. The summed E-state index contributed by atoms with van der Waals surface area (Å²) >= 11 is 6.30. The molecule has 30 heavy (non-hydrogen) atoms. The van der Waals surface area contributed by atoms with Crippen molar-refractivity contribution < 1.29 is 19.2 Å². The van der Waals surface area contributed by atoms with E-state index in [0.717, 1.165) is 16.8 Å². The van der Waals surface area contributed by atoms with Crippen molar-refractivity contribution in [2.45, 2.75) is 46.4 Å².